The first-order valence-electron chi connectivity index (χ1n) is 6.92. The van der Waals surface area contributed by atoms with Crippen molar-refractivity contribution >= 4 is 29.8 Å². The second-order valence-electron chi connectivity index (χ2n) is 5.16. The highest BCUT2D eigenvalue weighted by Crippen LogP contribution is 2.22. The lowest BCUT2D eigenvalue weighted by molar-refractivity contribution is -0.161. The van der Waals surface area contributed by atoms with E-state index in [1.54, 1.807) is 30.3 Å². The van der Waals surface area contributed by atoms with E-state index in [9.17, 15) is 29.4 Å². The van der Waals surface area contributed by atoms with Gasteiger partial charge in [0.15, 0.2) is 0 Å². The monoisotopic (exact) mass is 334 g/mol. The maximum Gasteiger partial charge on any atom is 0.352 e. The van der Waals surface area contributed by atoms with Crippen molar-refractivity contribution in [2.24, 2.45) is 0 Å². The lowest BCUT2D eigenvalue weighted by Crippen LogP contribution is -2.64. The highest BCUT2D eigenvalue weighted by Gasteiger charge is 2.45. The number of benzene rings is 1. The van der Waals surface area contributed by atoms with Gasteiger partial charge in [0.05, 0.1) is 0 Å². The molecule has 24 heavy (non-hydrogen) atoms. The minimum absolute atomic E-state index is 0.455. The minimum atomic E-state index is -2.25. The van der Waals surface area contributed by atoms with Crippen LogP contribution in [0.15, 0.2) is 36.0 Å². The van der Waals surface area contributed by atoms with Crippen LogP contribution in [0.1, 0.15) is 26.3 Å². The van der Waals surface area contributed by atoms with Crippen LogP contribution in [0.2, 0.25) is 0 Å². The third kappa shape index (κ3) is 4.19. The van der Waals surface area contributed by atoms with Crippen LogP contribution in [0.4, 0.5) is 0 Å². The van der Waals surface area contributed by atoms with E-state index in [0.29, 0.717) is 10.5 Å². The van der Waals surface area contributed by atoms with Gasteiger partial charge in [0.1, 0.15) is 5.70 Å². The summed E-state index contributed by atoms with van der Waals surface area (Å²) >= 11 is 0. The third-order valence-corrected chi connectivity index (χ3v) is 3.16. The van der Waals surface area contributed by atoms with E-state index >= 15 is 0 Å². The summed E-state index contributed by atoms with van der Waals surface area (Å²) < 4.78 is 0. The molecule has 0 aromatic heterocycles. The summed E-state index contributed by atoms with van der Waals surface area (Å²) in [6.45, 7) is 3.13. The molecule has 2 amide bonds. The molecule has 1 atom stereocenters. The average molecular weight is 334 g/mol. The van der Waals surface area contributed by atoms with Gasteiger partial charge in [0.2, 0.25) is 17.5 Å². The highest BCUT2D eigenvalue weighted by atomic mass is 16.4. The average Bonchev–Trinajstić information content (AvgIpc) is 2.46. The normalized spacial score (nSPS) is 13.5. The second-order valence-corrected chi connectivity index (χ2v) is 5.16. The summed E-state index contributed by atoms with van der Waals surface area (Å²) in [5.74, 6) is -4.66. The number of carbonyl (C=O) groups excluding carboxylic acids is 2. The second kappa shape index (κ2) is 7.40. The van der Waals surface area contributed by atoms with E-state index < -0.39 is 35.1 Å². The molecule has 0 aliphatic carbocycles. The SMILES string of the molecule is CC(=O)N[C@@](C)(C(=O)O)N(C(C)=O)C(=Cc1ccccc1)C(=O)O. The number of amides is 2. The molecule has 1 aromatic carbocycles. The molecule has 0 heterocycles. The largest absolute Gasteiger partial charge is 0.478 e. The van der Waals surface area contributed by atoms with Crippen LogP contribution in [0, 0.1) is 0 Å². The Morgan fingerprint density at radius 2 is 1.62 bits per heavy atom. The fourth-order valence-corrected chi connectivity index (χ4v) is 2.20. The van der Waals surface area contributed by atoms with Crippen LogP contribution in [0.25, 0.3) is 6.08 Å². The standard InChI is InChI=1S/C16H18N2O6/c1-10(19)17-16(3,15(23)24)18(11(2)20)13(14(21)22)9-12-7-5-4-6-8-12/h4-9H,1-3H3,(H,17,19)(H,21,22)(H,23,24)/t16-/m1/s1. The van der Waals surface area contributed by atoms with Crippen LogP contribution in [-0.2, 0) is 19.2 Å². The van der Waals surface area contributed by atoms with E-state index in [1.807, 2.05) is 0 Å². The number of nitrogens with zero attached hydrogens (tertiary/aromatic N) is 1. The van der Waals surface area contributed by atoms with Gasteiger partial charge >= 0.3 is 11.9 Å². The molecular weight excluding hydrogens is 316 g/mol. The van der Waals surface area contributed by atoms with Crippen molar-refractivity contribution in [2.45, 2.75) is 26.4 Å². The molecule has 0 aliphatic heterocycles. The number of carbonyl (C=O) groups is 4. The van der Waals surface area contributed by atoms with E-state index in [2.05, 4.69) is 5.32 Å². The van der Waals surface area contributed by atoms with Gasteiger partial charge in [0, 0.05) is 13.8 Å². The first-order chi connectivity index (χ1) is 11.1. The summed E-state index contributed by atoms with van der Waals surface area (Å²) in [5.41, 5.74) is -2.37. The van der Waals surface area contributed by atoms with Crippen molar-refractivity contribution in [3.05, 3.63) is 41.6 Å². The van der Waals surface area contributed by atoms with Crippen LogP contribution < -0.4 is 5.32 Å². The number of rotatable bonds is 6. The maximum atomic E-state index is 12.0. The van der Waals surface area contributed by atoms with E-state index in [1.165, 1.54) is 0 Å². The number of hydrogen-bond donors (Lipinski definition) is 3. The summed E-state index contributed by atoms with van der Waals surface area (Å²) in [5, 5.41) is 21.1. The van der Waals surface area contributed by atoms with Crippen molar-refractivity contribution in [3.63, 3.8) is 0 Å². The summed E-state index contributed by atoms with van der Waals surface area (Å²) in [6.07, 6.45) is 1.16. The molecule has 1 rings (SSSR count). The third-order valence-electron chi connectivity index (χ3n) is 3.16. The van der Waals surface area contributed by atoms with E-state index in [0.717, 1.165) is 26.8 Å². The Bertz CT molecular complexity index is 698. The van der Waals surface area contributed by atoms with Crippen molar-refractivity contribution in [1.29, 1.82) is 0 Å². The molecule has 1 aromatic rings. The van der Waals surface area contributed by atoms with Gasteiger partial charge in [-0.3, -0.25) is 14.5 Å². The molecule has 0 spiro atoms. The molecule has 8 nitrogen and oxygen atoms in total. The molecule has 0 unspecified atom stereocenters. The smallest absolute Gasteiger partial charge is 0.352 e. The lowest BCUT2D eigenvalue weighted by Gasteiger charge is -2.37. The topological polar surface area (TPSA) is 124 Å². The van der Waals surface area contributed by atoms with Crippen LogP contribution >= 0.6 is 0 Å². The fraction of sp³-hybridized carbons (Fsp3) is 0.250. The number of hydrogen-bond acceptors (Lipinski definition) is 4. The molecule has 3 N–H and O–H groups in total. The predicted octanol–water partition coefficient (Wildman–Crippen LogP) is 0.897. The van der Waals surface area contributed by atoms with Gasteiger partial charge in [-0.05, 0) is 18.6 Å². The Balaban J connectivity index is 3.55. The summed E-state index contributed by atoms with van der Waals surface area (Å²) in [6, 6.07) is 8.23. The Morgan fingerprint density at radius 3 is 2.00 bits per heavy atom. The number of carboxylic acids is 2. The van der Waals surface area contributed by atoms with Crippen molar-refractivity contribution in [2.75, 3.05) is 0 Å². The highest BCUT2D eigenvalue weighted by molar-refractivity contribution is 6.00. The Hall–Kier alpha value is -3.16. The molecule has 8 heteroatoms. The Kier molecular flexibility index (Phi) is 5.83. The molecule has 128 valence electrons. The Morgan fingerprint density at radius 1 is 1.08 bits per heavy atom. The predicted molar refractivity (Wildman–Crippen MR) is 84.4 cm³/mol. The molecule has 0 saturated heterocycles. The molecule has 0 saturated carbocycles. The quantitative estimate of drug-likeness (QED) is 0.524. The lowest BCUT2D eigenvalue weighted by atomic mass is 10.1. The number of nitrogens with one attached hydrogen (secondary N) is 1. The zero-order chi connectivity index (χ0) is 18.5. The maximum absolute atomic E-state index is 12.0. The number of aliphatic carboxylic acids is 2. The van der Waals surface area contributed by atoms with Gasteiger partial charge in [-0.15, -0.1) is 0 Å². The minimum Gasteiger partial charge on any atom is -0.478 e. The van der Waals surface area contributed by atoms with Gasteiger partial charge in [-0.2, -0.15) is 0 Å². The van der Waals surface area contributed by atoms with Crippen LogP contribution in [0.3, 0.4) is 0 Å². The van der Waals surface area contributed by atoms with Crippen molar-refractivity contribution in [3.8, 4) is 0 Å². The Labute approximate surface area is 138 Å². The summed E-state index contributed by atoms with van der Waals surface area (Å²) in [7, 11) is 0. The van der Waals surface area contributed by atoms with E-state index in [4.69, 9.17) is 0 Å². The van der Waals surface area contributed by atoms with Crippen molar-refractivity contribution < 1.29 is 29.4 Å². The molecular formula is C16H18N2O6. The van der Waals surface area contributed by atoms with Gasteiger partial charge in [-0.25, -0.2) is 9.59 Å². The first-order valence-corrected chi connectivity index (χ1v) is 6.92. The molecule has 0 aliphatic rings. The molecule has 0 fully saturated rings. The van der Waals surface area contributed by atoms with Gasteiger partial charge in [-0.1, -0.05) is 30.3 Å². The number of carboxylic acid groups (broad SMARTS) is 2. The zero-order valence-electron chi connectivity index (χ0n) is 13.4. The van der Waals surface area contributed by atoms with E-state index in [-0.39, 0.29) is 0 Å². The zero-order valence-corrected chi connectivity index (χ0v) is 13.4. The molecule has 0 radical (unpaired) electrons. The van der Waals surface area contributed by atoms with Crippen LogP contribution in [-0.4, -0.2) is 44.5 Å². The van der Waals surface area contributed by atoms with Crippen molar-refractivity contribution in [1.82, 2.24) is 10.2 Å². The first kappa shape index (κ1) is 18.9. The van der Waals surface area contributed by atoms with Gasteiger partial charge in [0.25, 0.3) is 0 Å². The fourth-order valence-electron chi connectivity index (χ4n) is 2.20. The molecule has 0 bridgehead atoms. The summed E-state index contributed by atoms with van der Waals surface area (Å²) in [4.78, 5) is 47.2. The van der Waals surface area contributed by atoms with Crippen LogP contribution in [0.5, 0.6) is 0 Å². The van der Waals surface area contributed by atoms with Gasteiger partial charge < -0.3 is 15.5 Å².